The van der Waals surface area contributed by atoms with Gasteiger partial charge in [-0.15, -0.1) is 10.2 Å². The molecular weight excluding hydrogens is 262 g/mol. The Morgan fingerprint density at radius 2 is 1.81 bits per heavy atom. The third-order valence-electron chi connectivity index (χ3n) is 4.43. The number of rotatable bonds is 2. The number of hydrogen-bond donors (Lipinski definition) is 1. The first kappa shape index (κ1) is 12.5. The Kier molecular flexibility index (Phi) is 2.93. The highest BCUT2D eigenvalue weighted by Crippen LogP contribution is 2.39. The summed E-state index contributed by atoms with van der Waals surface area (Å²) in [4.78, 5) is 4.23. The van der Waals surface area contributed by atoms with Gasteiger partial charge >= 0.3 is 0 Å². The fourth-order valence-electron chi connectivity index (χ4n) is 3.32. The van der Waals surface area contributed by atoms with E-state index in [2.05, 4.69) is 50.8 Å². The number of fused-ring (bicyclic) bond motifs is 1. The quantitative estimate of drug-likeness (QED) is 0.777. The highest BCUT2D eigenvalue weighted by molar-refractivity contribution is 5.41. The van der Waals surface area contributed by atoms with Crippen LogP contribution in [0.4, 0.5) is 0 Å². The molecule has 1 N–H and O–H groups in total. The second-order valence-electron chi connectivity index (χ2n) is 5.53. The van der Waals surface area contributed by atoms with Crippen molar-refractivity contribution in [3.63, 3.8) is 0 Å². The van der Waals surface area contributed by atoms with Crippen LogP contribution in [0, 0.1) is 0 Å². The van der Waals surface area contributed by atoms with Gasteiger partial charge in [0.25, 0.3) is 0 Å². The minimum absolute atomic E-state index is 0.0883. The second-order valence-corrected chi connectivity index (χ2v) is 5.53. The zero-order chi connectivity index (χ0) is 14.1. The number of piperidine rings is 1. The van der Waals surface area contributed by atoms with Crippen LogP contribution in [-0.2, 0) is 5.41 Å². The predicted molar refractivity (Wildman–Crippen MR) is 80.1 cm³/mol. The Hall–Kier alpha value is -2.27. The zero-order valence-corrected chi connectivity index (χ0v) is 11.7. The molecule has 4 rings (SSSR count). The van der Waals surface area contributed by atoms with Crippen molar-refractivity contribution in [1.82, 2.24) is 24.9 Å². The fraction of sp³-hybridized carbons (Fsp3) is 0.312. The van der Waals surface area contributed by atoms with Gasteiger partial charge in [0.1, 0.15) is 12.2 Å². The molecule has 0 atom stereocenters. The van der Waals surface area contributed by atoms with E-state index >= 15 is 0 Å². The molecule has 0 bridgehead atoms. The average Bonchev–Trinajstić information content (AvgIpc) is 3.01. The lowest BCUT2D eigenvalue weighted by molar-refractivity contribution is 0.343. The first-order valence-electron chi connectivity index (χ1n) is 7.32. The molecule has 0 amide bonds. The summed E-state index contributed by atoms with van der Waals surface area (Å²) in [6.45, 7) is 1.98. The molecule has 0 radical (unpaired) electrons. The maximum Gasteiger partial charge on any atom is 0.163 e. The smallest absolute Gasteiger partial charge is 0.163 e. The molecule has 0 aliphatic carbocycles. The van der Waals surface area contributed by atoms with Crippen molar-refractivity contribution in [3.05, 3.63) is 60.3 Å². The molecule has 0 saturated carbocycles. The summed E-state index contributed by atoms with van der Waals surface area (Å²) in [5, 5.41) is 12.3. The van der Waals surface area contributed by atoms with Gasteiger partial charge in [-0.05, 0) is 31.5 Å². The minimum atomic E-state index is -0.0883. The summed E-state index contributed by atoms with van der Waals surface area (Å²) < 4.78 is 2.03. The maximum atomic E-state index is 4.51. The van der Waals surface area contributed by atoms with E-state index in [0.29, 0.717) is 0 Å². The Bertz CT molecular complexity index is 743. The molecule has 1 aliphatic rings. The van der Waals surface area contributed by atoms with Gasteiger partial charge in [0.05, 0.1) is 5.41 Å². The van der Waals surface area contributed by atoms with Crippen molar-refractivity contribution in [2.45, 2.75) is 18.3 Å². The molecule has 0 unspecified atom stereocenters. The van der Waals surface area contributed by atoms with Crippen molar-refractivity contribution in [2.24, 2.45) is 0 Å². The van der Waals surface area contributed by atoms with Crippen LogP contribution in [0.15, 0.2) is 48.9 Å². The van der Waals surface area contributed by atoms with E-state index in [9.17, 15) is 0 Å². The van der Waals surface area contributed by atoms with E-state index < -0.39 is 0 Å². The van der Waals surface area contributed by atoms with Crippen molar-refractivity contribution < 1.29 is 0 Å². The van der Waals surface area contributed by atoms with Crippen LogP contribution in [0.25, 0.3) is 5.65 Å². The predicted octanol–water partition coefficient (Wildman–Crippen LogP) is 1.79. The fourth-order valence-corrected chi connectivity index (χ4v) is 3.32. The summed E-state index contributed by atoms with van der Waals surface area (Å²) in [6.07, 6.45) is 5.61. The van der Waals surface area contributed by atoms with Crippen molar-refractivity contribution >= 4 is 5.65 Å². The lowest BCUT2D eigenvalue weighted by atomic mass is 9.72. The molecule has 2 aromatic heterocycles. The second kappa shape index (κ2) is 4.93. The van der Waals surface area contributed by atoms with Gasteiger partial charge in [0.15, 0.2) is 5.65 Å². The molecule has 106 valence electrons. The number of nitrogens with one attached hydrogen (secondary N) is 1. The topological polar surface area (TPSA) is 55.1 Å². The van der Waals surface area contributed by atoms with Crippen LogP contribution in [0.2, 0.25) is 0 Å². The molecular formula is C16H17N5. The van der Waals surface area contributed by atoms with Crippen molar-refractivity contribution in [1.29, 1.82) is 0 Å². The standard InChI is InChI=1S/C16H17N5/c1-2-4-13(5-3-1)16(7-10-17-11-8-16)15-20-19-14-6-9-18-12-21(14)15/h1-6,9,12,17H,7-8,10-11H2. The van der Waals surface area contributed by atoms with Crippen molar-refractivity contribution in [2.75, 3.05) is 13.1 Å². The SMILES string of the molecule is c1ccc(C2(c3nnc4ccncn34)CCNCC2)cc1. The molecule has 5 nitrogen and oxygen atoms in total. The largest absolute Gasteiger partial charge is 0.317 e. The third kappa shape index (κ3) is 1.93. The van der Waals surface area contributed by atoms with Gasteiger partial charge in [0.2, 0.25) is 0 Å². The lowest BCUT2D eigenvalue weighted by Gasteiger charge is -2.36. The lowest BCUT2D eigenvalue weighted by Crippen LogP contribution is -2.42. The van der Waals surface area contributed by atoms with Gasteiger partial charge in [-0.2, -0.15) is 0 Å². The number of hydrogen-bond acceptors (Lipinski definition) is 4. The van der Waals surface area contributed by atoms with E-state index in [0.717, 1.165) is 37.4 Å². The molecule has 21 heavy (non-hydrogen) atoms. The van der Waals surface area contributed by atoms with E-state index in [1.54, 1.807) is 6.20 Å². The summed E-state index contributed by atoms with van der Waals surface area (Å²) in [5.74, 6) is 0.998. The monoisotopic (exact) mass is 279 g/mol. The van der Waals surface area contributed by atoms with Crippen LogP contribution in [-0.4, -0.2) is 32.7 Å². The number of benzene rings is 1. The Morgan fingerprint density at radius 1 is 1.00 bits per heavy atom. The van der Waals surface area contributed by atoms with Gasteiger partial charge in [-0.3, -0.25) is 4.40 Å². The molecule has 1 aromatic carbocycles. The minimum Gasteiger partial charge on any atom is -0.317 e. The van der Waals surface area contributed by atoms with Crippen LogP contribution in [0.1, 0.15) is 24.2 Å². The Morgan fingerprint density at radius 3 is 2.62 bits per heavy atom. The third-order valence-corrected chi connectivity index (χ3v) is 4.43. The normalized spacial score (nSPS) is 17.9. The zero-order valence-electron chi connectivity index (χ0n) is 11.7. The van der Waals surface area contributed by atoms with E-state index in [1.165, 1.54) is 5.56 Å². The Labute approximate surface area is 123 Å². The highest BCUT2D eigenvalue weighted by atomic mass is 15.3. The molecule has 5 heteroatoms. The van der Waals surface area contributed by atoms with Gasteiger partial charge in [0, 0.05) is 12.3 Å². The summed E-state index contributed by atoms with van der Waals surface area (Å²) in [7, 11) is 0. The van der Waals surface area contributed by atoms with Crippen LogP contribution in [0.3, 0.4) is 0 Å². The summed E-state index contributed by atoms with van der Waals surface area (Å²) in [6, 6.07) is 12.5. The molecule has 1 fully saturated rings. The number of nitrogens with zero attached hydrogens (tertiary/aromatic N) is 4. The summed E-state index contributed by atoms with van der Waals surface area (Å²) >= 11 is 0. The average molecular weight is 279 g/mol. The number of aromatic nitrogens is 4. The first-order chi connectivity index (χ1) is 10.4. The van der Waals surface area contributed by atoms with E-state index in [-0.39, 0.29) is 5.41 Å². The molecule has 3 heterocycles. The maximum absolute atomic E-state index is 4.51. The van der Waals surface area contributed by atoms with Crippen LogP contribution >= 0.6 is 0 Å². The van der Waals surface area contributed by atoms with Crippen LogP contribution in [0.5, 0.6) is 0 Å². The molecule has 3 aromatic rings. The van der Waals surface area contributed by atoms with Gasteiger partial charge in [-0.25, -0.2) is 4.98 Å². The highest BCUT2D eigenvalue weighted by Gasteiger charge is 2.39. The van der Waals surface area contributed by atoms with E-state index in [4.69, 9.17) is 0 Å². The van der Waals surface area contributed by atoms with Gasteiger partial charge in [-0.1, -0.05) is 30.3 Å². The van der Waals surface area contributed by atoms with Crippen molar-refractivity contribution in [3.8, 4) is 0 Å². The van der Waals surface area contributed by atoms with E-state index in [1.807, 2.05) is 16.8 Å². The van der Waals surface area contributed by atoms with Gasteiger partial charge < -0.3 is 5.32 Å². The molecule has 1 saturated heterocycles. The first-order valence-corrected chi connectivity index (χ1v) is 7.32. The summed E-state index contributed by atoms with van der Waals surface area (Å²) in [5.41, 5.74) is 2.08. The molecule has 1 aliphatic heterocycles. The molecule has 0 spiro atoms. The van der Waals surface area contributed by atoms with Crippen LogP contribution < -0.4 is 5.32 Å². The Balaban J connectivity index is 1.94.